The first-order chi connectivity index (χ1) is 8.66. The van der Waals surface area contributed by atoms with Crippen LogP contribution in [0.3, 0.4) is 0 Å². The minimum Gasteiger partial charge on any atom is -0.383 e. The van der Waals surface area contributed by atoms with Gasteiger partial charge in [-0.1, -0.05) is 24.3 Å². The van der Waals surface area contributed by atoms with Crippen molar-refractivity contribution in [2.24, 2.45) is 0 Å². The van der Waals surface area contributed by atoms with E-state index in [0.717, 1.165) is 19.5 Å². The molecule has 0 amide bonds. The maximum Gasteiger partial charge on any atom is 0.166 e. The predicted octanol–water partition coefficient (Wildman–Crippen LogP) is 2.91. The summed E-state index contributed by atoms with van der Waals surface area (Å²) in [5.74, 6) is -1.55. The molecule has 1 aromatic carbocycles. The first-order valence-corrected chi connectivity index (χ1v) is 5.97. The Hall–Kier alpha value is -1.26. The molecular formula is C14H19F2NO. The highest BCUT2D eigenvalue weighted by molar-refractivity contribution is 5.50. The second-order valence-corrected chi connectivity index (χ2v) is 4.03. The van der Waals surface area contributed by atoms with Crippen LogP contribution >= 0.6 is 0 Å². The summed E-state index contributed by atoms with van der Waals surface area (Å²) in [6, 6.07) is 3.16. The molecule has 4 heteroatoms. The molecule has 1 N–H and O–H groups in total. The van der Waals surface area contributed by atoms with Gasteiger partial charge in [0.25, 0.3) is 0 Å². The first kappa shape index (κ1) is 14.8. The van der Waals surface area contributed by atoms with Crippen molar-refractivity contribution >= 4 is 6.08 Å². The van der Waals surface area contributed by atoms with Crippen molar-refractivity contribution in [2.75, 3.05) is 26.8 Å². The predicted molar refractivity (Wildman–Crippen MR) is 69.5 cm³/mol. The maximum atomic E-state index is 13.5. The Morgan fingerprint density at radius 3 is 2.72 bits per heavy atom. The molecule has 1 rings (SSSR count). The van der Waals surface area contributed by atoms with Crippen molar-refractivity contribution in [3.63, 3.8) is 0 Å². The average molecular weight is 255 g/mol. The van der Waals surface area contributed by atoms with Gasteiger partial charge in [-0.3, -0.25) is 0 Å². The quantitative estimate of drug-likeness (QED) is 0.756. The molecule has 0 aromatic heterocycles. The number of halogens is 2. The summed E-state index contributed by atoms with van der Waals surface area (Å²) >= 11 is 0. The third-order valence-corrected chi connectivity index (χ3v) is 2.57. The van der Waals surface area contributed by atoms with Crippen molar-refractivity contribution in [1.29, 1.82) is 0 Å². The SMILES string of the molecule is COCCNCC/C=C/c1ccc(C)c(F)c1F. The third kappa shape index (κ3) is 4.55. The molecule has 0 heterocycles. The van der Waals surface area contributed by atoms with Crippen molar-refractivity contribution < 1.29 is 13.5 Å². The summed E-state index contributed by atoms with van der Waals surface area (Å²) in [6.45, 7) is 3.79. The minimum atomic E-state index is -0.779. The lowest BCUT2D eigenvalue weighted by atomic mass is 10.1. The number of aryl methyl sites for hydroxylation is 1. The lowest BCUT2D eigenvalue weighted by molar-refractivity contribution is 0.199. The van der Waals surface area contributed by atoms with E-state index in [2.05, 4.69) is 5.32 Å². The smallest absolute Gasteiger partial charge is 0.166 e. The lowest BCUT2D eigenvalue weighted by Crippen LogP contribution is -2.19. The lowest BCUT2D eigenvalue weighted by Gasteiger charge is -2.02. The molecule has 0 unspecified atom stereocenters. The van der Waals surface area contributed by atoms with Gasteiger partial charge in [0.1, 0.15) is 0 Å². The van der Waals surface area contributed by atoms with E-state index >= 15 is 0 Å². The molecule has 18 heavy (non-hydrogen) atoms. The number of nitrogens with one attached hydrogen (secondary N) is 1. The highest BCUT2D eigenvalue weighted by atomic mass is 19.2. The molecule has 1 aromatic rings. The number of ether oxygens (including phenoxy) is 1. The molecular weight excluding hydrogens is 236 g/mol. The fraction of sp³-hybridized carbons (Fsp3) is 0.429. The number of rotatable bonds is 7. The van der Waals surface area contributed by atoms with Gasteiger partial charge >= 0.3 is 0 Å². The van der Waals surface area contributed by atoms with Crippen LogP contribution in [0.25, 0.3) is 6.08 Å². The Bertz CT molecular complexity index is 405. The van der Waals surface area contributed by atoms with Gasteiger partial charge in [0.15, 0.2) is 11.6 Å². The molecule has 0 aliphatic heterocycles. The van der Waals surface area contributed by atoms with E-state index in [1.807, 2.05) is 6.08 Å². The number of hydrogen-bond acceptors (Lipinski definition) is 2. The van der Waals surface area contributed by atoms with Crippen molar-refractivity contribution in [2.45, 2.75) is 13.3 Å². The molecule has 2 nitrogen and oxygen atoms in total. The Morgan fingerprint density at radius 1 is 1.22 bits per heavy atom. The van der Waals surface area contributed by atoms with Crippen LogP contribution in [-0.2, 0) is 4.74 Å². The van der Waals surface area contributed by atoms with Gasteiger partial charge in [-0.05, 0) is 25.5 Å². The minimum absolute atomic E-state index is 0.287. The Labute approximate surface area is 107 Å². The topological polar surface area (TPSA) is 21.3 Å². The van der Waals surface area contributed by atoms with Crippen LogP contribution in [-0.4, -0.2) is 26.8 Å². The van der Waals surface area contributed by atoms with Crippen LogP contribution in [0.5, 0.6) is 0 Å². The second-order valence-electron chi connectivity index (χ2n) is 4.03. The summed E-state index contributed by atoms with van der Waals surface area (Å²) in [7, 11) is 1.65. The Morgan fingerprint density at radius 2 is 2.00 bits per heavy atom. The van der Waals surface area contributed by atoms with Gasteiger partial charge in [-0.25, -0.2) is 8.78 Å². The van der Waals surface area contributed by atoms with Gasteiger partial charge in [-0.15, -0.1) is 0 Å². The second kappa shape index (κ2) is 7.95. The zero-order valence-corrected chi connectivity index (χ0v) is 10.8. The van der Waals surface area contributed by atoms with Crippen LogP contribution in [0.15, 0.2) is 18.2 Å². The van der Waals surface area contributed by atoms with E-state index in [1.165, 1.54) is 0 Å². The molecule has 0 aliphatic rings. The summed E-state index contributed by atoms with van der Waals surface area (Å²) in [5, 5.41) is 3.16. The molecule has 0 spiro atoms. The number of benzene rings is 1. The van der Waals surface area contributed by atoms with E-state index in [4.69, 9.17) is 4.74 Å². The standard InChI is InChI=1S/C14H19F2NO/c1-11-6-7-12(14(16)13(11)15)5-3-4-8-17-9-10-18-2/h3,5-7,17H,4,8-10H2,1-2H3/b5-3+. The maximum absolute atomic E-state index is 13.5. The van der Waals surface area contributed by atoms with Gasteiger partial charge in [0.05, 0.1) is 6.61 Å². The summed E-state index contributed by atoms with van der Waals surface area (Å²) in [5.41, 5.74) is 0.612. The molecule has 0 atom stereocenters. The van der Waals surface area contributed by atoms with E-state index < -0.39 is 11.6 Å². The zero-order valence-electron chi connectivity index (χ0n) is 10.8. The fourth-order valence-electron chi connectivity index (χ4n) is 1.48. The Kier molecular flexibility index (Phi) is 6.54. The summed E-state index contributed by atoms with van der Waals surface area (Å²) in [4.78, 5) is 0. The zero-order chi connectivity index (χ0) is 13.4. The molecule has 100 valence electrons. The average Bonchev–Trinajstić information content (AvgIpc) is 2.37. The first-order valence-electron chi connectivity index (χ1n) is 5.97. The van der Waals surface area contributed by atoms with E-state index in [1.54, 1.807) is 32.2 Å². The summed E-state index contributed by atoms with van der Waals surface area (Å²) < 4.78 is 31.6. The van der Waals surface area contributed by atoms with Crippen molar-refractivity contribution in [1.82, 2.24) is 5.32 Å². The summed E-state index contributed by atoms with van der Waals surface area (Å²) in [6.07, 6.45) is 4.20. The molecule has 0 saturated heterocycles. The van der Waals surface area contributed by atoms with Crippen molar-refractivity contribution in [3.8, 4) is 0 Å². The van der Waals surface area contributed by atoms with Gasteiger partial charge in [0.2, 0.25) is 0 Å². The monoisotopic (exact) mass is 255 g/mol. The highest BCUT2D eigenvalue weighted by Crippen LogP contribution is 2.16. The molecule has 0 aliphatic carbocycles. The Balaban J connectivity index is 2.41. The largest absolute Gasteiger partial charge is 0.383 e. The van der Waals surface area contributed by atoms with Gasteiger partial charge in [-0.2, -0.15) is 0 Å². The number of methoxy groups -OCH3 is 1. The molecule has 0 bridgehead atoms. The van der Waals surface area contributed by atoms with Crippen LogP contribution in [0, 0.1) is 18.6 Å². The van der Waals surface area contributed by atoms with Crippen LogP contribution < -0.4 is 5.32 Å². The van der Waals surface area contributed by atoms with Gasteiger partial charge in [0, 0.05) is 19.2 Å². The fourth-order valence-corrected chi connectivity index (χ4v) is 1.48. The van der Waals surface area contributed by atoms with E-state index in [-0.39, 0.29) is 5.56 Å². The highest BCUT2D eigenvalue weighted by Gasteiger charge is 2.07. The van der Waals surface area contributed by atoms with E-state index in [9.17, 15) is 8.78 Å². The van der Waals surface area contributed by atoms with Crippen molar-refractivity contribution in [3.05, 3.63) is 41.0 Å². The number of hydrogen-bond donors (Lipinski definition) is 1. The molecule has 0 fully saturated rings. The molecule has 0 saturated carbocycles. The van der Waals surface area contributed by atoms with Gasteiger partial charge < -0.3 is 10.1 Å². The van der Waals surface area contributed by atoms with E-state index in [0.29, 0.717) is 12.2 Å². The van der Waals surface area contributed by atoms with Crippen LogP contribution in [0.2, 0.25) is 0 Å². The van der Waals surface area contributed by atoms with Crippen LogP contribution in [0.1, 0.15) is 17.5 Å². The van der Waals surface area contributed by atoms with Crippen LogP contribution in [0.4, 0.5) is 8.78 Å². The third-order valence-electron chi connectivity index (χ3n) is 2.57. The molecule has 0 radical (unpaired) electrons. The normalized spacial score (nSPS) is 11.3.